The first kappa shape index (κ1) is 25.3. The molecule has 2 amide bonds. The van der Waals surface area contributed by atoms with Gasteiger partial charge in [-0.1, -0.05) is 12.8 Å². The quantitative estimate of drug-likeness (QED) is 0.573. The Bertz CT molecular complexity index is 970. The van der Waals surface area contributed by atoms with Gasteiger partial charge in [-0.05, 0) is 63.3 Å². The van der Waals surface area contributed by atoms with Gasteiger partial charge in [0.15, 0.2) is 0 Å². The Morgan fingerprint density at radius 1 is 1.17 bits per heavy atom. The number of nitrogens with zero attached hydrogens (tertiary/aromatic N) is 3. The molecule has 2 saturated carbocycles. The van der Waals surface area contributed by atoms with Crippen molar-refractivity contribution < 1.29 is 19.1 Å². The number of methoxy groups -OCH3 is 1. The van der Waals surface area contributed by atoms with Gasteiger partial charge in [0, 0.05) is 50.3 Å². The van der Waals surface area contributed by atoms with Gasteiger partial charge in [0.25, 0.3) is 0 Å². The number of nitrogens with one attached hydrogen (secondary N) is 1. The van der Waals surface area contributed by atoms with Crippen LogP contribution in [0.3, 0.4) is 0 Å². The van der Waals surface area contributed by atoms with Crippen molar-refractivity contribution in [1.82, 2.24) is 10.2 Å². The highest BCUT2D eigenvalue weighted by Gasteiger charge is 2.48. The van der Waals surface area contributed by atoms with Crippen LogP contribution in [0.1, 0.15) is 51.0 Å². The van der Waals surface area contributed by atoms with E-state index in [9.17, 15) is 14.9 Å². The Hall–Kier alpha value is -2.79. The van der Waals surface area contributed by atoms with Crippen molar-refractivity contribution in [3.8, 4) is 11.8 Å². The number of piperazine rings is 1. The Labute approximate surface area is 208 Å². The minimum absolute atomic E-state index is 0.0497. The molecule has 3 aliphatic rings. The van der Waals surface area contributed by atoms with E-state index >= 15 is 0 Å². The third-order valence-electron chi connectivity index (χ3n) is 7.73. The minimum atomic E-state index is -0.691. The molecule has 3 atom stereocenters. The second-order valence-electron chi connectivity index (χ2n) is 10.3. The van der Waals surface area contributed by atoms with Crippen LogP contribution in [0.4, 0.5) is 5.69 Å². The van der Waals surface area contributed by atoms with Gasteiger partial charge >= 0.3 is 0 Å². The lowest BCUT2D eigenvalue weighted by Gasteiger charge is -2.43. The number of anilines is 1. The zero-order chi connectivity index (χ0) is 25.0. The normalized spacial score (nSPS) is 25.5. The van der Waals surface area contributed by atoms with Crippen molar-refractivity contribution in [2.45, 2.75) is 64.0 Å². The summed E-state index contributed by atoms with van der Waals surface area (Å²) in [6, 6.07) is 8.49. The van der Waals surface area contributed by atoms with Gasteiger partial charge in [-0.15, -0.1) is 0 Å². The molecular formula is C27H38N4O4. The van der Waals surface area contributed by atoms with Gasteiger partial charge in [0.05, 0.1) is 12.7 Å². The predicted octanol–water partition coefficient (Wildman–Crippen LogP) is 3.04. The van der Waals surface area contributed by atoms with E-state index in [0.717, 1.165) is 55.8 Å². The molecule has 3 fully saturated rings. The molecule has 1 saturated heterocycles. The second-order valence-corrected chi connectivity index (χ2v) is 10.3. The summed E-state index contributed by atoms with van der Waals surface area (Å²) in [4.78, 5) is 30.9. The van der Waals surface area contributed by atoms with Crippen molar-refractivity contribution in [2.24, 2.45) is 11.8 Å². The zero-order valence-corrected chi connectivity index (χ0v) is 21.2. The number of hydrogen-bond donors (Lipinski definition) is 1. The number of nitriles is 1. The molecule has 2 aliphatic carbocycles. The number of rotatable bonds is 8. The maximum absolute atomic E-state index is 13.6. The van der Waals surface area contributed by atoms with Crippen LogP contribution in [0.2, 0.25) is 0 Å². The molecule has 0 spiro atoms. The smallest absolute Gasteiger partial charge is 0.226 e. The van der Waals surface area contributed by atoms with Crippen molar-refractivity contribution >= 4 is 17.5 Å². The number of ether oxygens (including phenoxy) is 2. The summed E-state index contributed by atoms with van der Waals surface area (Å²) < 4.78 is 10.8. The Morgan fingerprint density at radius 3 is 2.54 bits per heavy atom. The summed E-state index contributed by atoms with van der Waals surface area (Å²) >= 11 is 0. The summed E-state index contributed by atoms with van der Waals surface area (Å²) in [7, 11) is 1.66. The first-order chi connectivity index (χ1) is 16.9. The van der Waals surface area contributed by atoms with Crippen LogP contribution < -0.4 is 15.0 Å². The number of aryl methyl sites for hydroxylation is 1. The van der Waals surface area contributed by atoms with Crippen LogP contribution in [0.25, 0.3) is 0 Å². The van der Waals surface area contributed by atoms with Crippen molar-refractivity contribution in [1.29, 1.82) is 5.26 Å². The highest BCUT2D eigenvalue weighted by molar-refractivity contribution is 5.89. The fourth-order valence-corrected chi connectivity index (χ4v) is 5.42. The molecule has 1 aromatic rings. The minimum Gasteiger partial charge on any atom is -0.491 e. The van der Waals surface area contributed by atoms with Gasteiger partial charge in [-0.2, -0.15) is 5.26 Å². The Morgan fingerprint density at radius 2 is 1.91 bits per heavy atom. The summed E-state index contributed by atoms with van der Waals surface area (Å²) in [5, 5.41) is 12.3. The highest BCUT2D eigenvalue weighted by atomic mass is 16.5. The maximum Gasteiger partial charge on any atom is 0.226 e. The molecule has 0 bridgehead atoms. The first-order valence-electron chi connectivity index (χ1n) is 12.9. The van der Waals surface area contributed by atoms with Gasteiger partial charge in [0.2, 0.25) is 11.8 Å². The van der Waals surface area contributed by atoms with Crippen molar-refractivity contribution in [3.05, 3.63) is 23.8 Å². The first-order valence-corrected chi connectivity index (χ1v) is 12.9. The third kappa shape index (κ3) is 5.72. The molecule has 190 valence electrons. The van der Waals surface area contributed by atoms with E-state index in [-0.39, 0.29) is 29.7 Å². The summed E-state index contributed by atoms with van der Waals surface area (Å²) in [5.74, 6) is 0.214. The lowest BCUT2D eigenvalue weighted by atomic mass is 9.77. The molecule has 1 N–H and O–H groups in total. The predicted molar refractivity (Wildman–Crippen MR) is 133 cm³/mol. The lowest BCUT2D eigenvalue weighted by Crippen LogP contribution is -2.57. The fraction of sp³-hybridized carbons (Fsp3) is 0.667. The third-order valence-corrected chi connectivity index (χ3v) is 7.73. The molecule has 35 heavy (non-hydrogen) atoms. The van der Waals surface area contributed by atoms with Crippen LogP contribution in [-0.2, 0) is 14.3 Å². The van der Waals surface area contributed by atoms with Crippen LogP contribution in [0, 0.1) is 30.1 Å². The number of benzene rings is 1. The monoisotopic (exact) mass is 482 g/mol. The van der Waals surface area contributed by atoms with E-state index in [4.69, 9.17) is 9.47 Å². The molecule has 0 radical (unpaired) electrons. The number of carbonyl (C=O) groups excluding carboxylic acids is 2. The van der Waals surface area contributed by atoms with E-state index in [1.165, 1.54) is 0 Å². The zero-order valence-electron chi connectivity index (χ0n) is 21.2. The largest absolute Gasteiger partial charge is 0.491 e. The topological polar surface area (TPSA) is 94.9 Å². The van der Waals surface area contributed by atoms with E-state index in [1.807, 2.05) is 17.9 Å². The average molecular weight is 483 g/mol. The summed E-state index contributed by atoms with van der Waals surface area (Å²) in [6.07, 6.45) is 4.80. The van der Waals surface area contributed by atoms with E-state index in [0.29, 0.717) is 32.6 Å². The van der Waals surface area contributed by atoms with E-state index < -0.39 is 5.54 Å². The van der Waals surface area contributed by atoms with Crippen molar-refractivity contribution in [2.75, 3.05) is 44.9 Å². The molecule has 4 rings (SSSR count). The van der Waals surface area contributed by atoms with Crippen LogP contribution in [0.5, 0.6) is 5.75 Å². The molecule has 0 unspecified atom stereocenters. The Balaban J connectivity index is 1.37. The average Bonchev–Trinajstić information content (AvgIpc) is 3.64. The second kappa shape index (κ2) is 10.9. The van der Waals surface area contributed by atoms with Crippen LogP contribution in [-0.4, -0.2) is 68.3 Å². The molecule has 8 heteroatoms. The maximum atomic E-state index is 13.6. The van der Waals surface area contributed by atoms with Gasteiger partial charge in [-0.3, -0.25) is 9.59 Å². The molecule has 1 heterocycles. The standard InChI is InChI=1S/C27H38N4O4/c1-19-16-21(8-9-24(19)35-15-14-34-3)30-12-13-31(20(2)17-30)26(33)23-7-5-4-6-22(23)25(32)29-27(18-28)10-11-27/h8-9,16,20,22-23H,4-7,10-15,17H2,1-3H3,(H,29,32)/t20-,22-,23-/m1/s1. The van der Waals surface area contributed by atoms with Gasteiger partial charge in [-0.25, -0.2) is 0 Å². The van der Waals surface area contributed by atoms with Crippen LogP contribution in [0.15, 0.2) is 18.2 Å². The SMILES string of the molecule is COCCOc1ccc(N2CCN(C(=O)[C@@H]3CCCC[C@H]3C(=O)NC3(C#N)CC3)[C@H](C)C2)cc1C. The summed E-state index contributed by atoms with van der Waals surface area (Å²) in [5.41, 5.74) is 1.51. The molecule has 0 aromatic heterocycles. The lowest BCUT2D eigenvalue weighted by molar-refractivity contribution is -0.145. The molecular weight excluding hydrogens is 444 g/mol. The molecule has 8 nitrogen and oxygen atoms in total. The molecule has 1 aliphatic heterocycles. The number of amides is 2. The van der Waals surface area contributed by atoms with E-state index in [1.54, 1.807) is 7.11 Å². The van der Waals surface area contributed by atoms with Crippen LogP contribution >= 0.6 is 0 Å². The number of hydrogen-bond acceptors (Lipinski definition) is 6. The van der Waals surface area contributed by atoms with E-state index in [2.05, 4.69) is 35.3 Å². The number of carbonyl (C=O) groups is 2. The van der Waals surface area contributed by atoms with Gasteiger partial charge in [0.1, 0.15) is 17.9 Å². The Kier molecular flexibility index (Phi) is 7.85. The molecule has 1 aromatic carbocycles. The fourth-order valence-electron chi connectivity index (χ4n) is 5.42. The summed E-state index contributed by atoms with van der Waals surface area (Å²) in [6.45, 7) is 7.34. The van der Waals surface area contributed by atoms with Gasteiger partial charge < -0.3 is 24.6 Å². The van der Waals surface area contributed by atoms with Crippen molar-refractivity contribution in [3.63, 3.8) is 0 Å². The highest BCUT2D eigenvalue weighted by Crippen LogP contribution is 2.38.